The van der Waals surface area contributed by atoms with Gasteiger partial charge >= 0.3 is 0 Å². The van der Waals surface area contributed by atoms with Crippen LogP contribution in [0, 0.1) is 5.92 Å². The fourth-order valence-corrected chi connectivity index (χ4v) is 3.02. The standard InChI is InChI=1S/C21H33NO4/c1-16(2)20(26-15-19-11-7-13-25-19)21(23)22-12-8-14-24-17(3)18-9-5-4-6-10-18/h4-6,9-10,16-17,19-20H,7-8,11-15H2,1-3H3,(H,22,23). The molecule has 3 unspecified atom stereocenters. The lowest BCUT2D eigenvalue weighted by molar-refractivity contribution is -0.138. The highest BCUT2D eigenvalue weighted by atomic mass is 16.5. The first kappa shape index (κ1) is 20.9. The van der Waals surface area contributed by atoms with Crippen molar-refractivity contribution in [2.45, 2.75) is 58.3 Å². The predicted molar refractivity (Wildman–Crippen MR) is 102 cm³/mol. The van der Waals surface area contributed by atoms with E-state index in [1.54, 1.807) is 0 Å². The molecule has 3 atom stereocenters. The number of carbonyl (C=O) groups excluding carboxylic acids is 1. The molecule has 0 saturated carbocycles. The smallest absolute Gasteiger partial charge is 0.249 e. The highest BCUT2D eigenvalue weighted by Gasteiger charge is 2.25. The van der Waals surface area contributed by atoms with Gasteiger partial charge in [-0.2, -0.15) is 0 Å². The highest BCUT2D eigenvalue weighted by Crippen LogP contribution is 2.16. The number of amides is 1. The van der Waals surface area contributed by atoms with E-state index < -0.39 is 6.10 Å². The average Bonchev–Trinajstić information content (AvgIpc) is 3.15. The molecule has 1 N–H and O–H groups in total. The third-order valence-electron chi connectivity index (χ3n) is 4.61. The van der Waals surface area contributed by atoms with E-state index in [1.165, 1.54) is 5.56 Å². The molecule has 0 aliphatic carbocycles. The third-order valence-corrected chi connectivity index (χ3v) is 4.61. The van der Waals surface area contributed by atoms with Crippen LogP contribution >= 0.6 is 0 Å². The van der Waals surface area contributed by atoms with Gasteiger partial charge in [-0.1, -0.05) is 44.2 Å². The van der Waals surface area contributed by atoms with Crippen LogP contribution in [0.25, 0.3) is 0 Å². The lowest BCUT2D eigenvalue weighted by Crippen LogP contribution is -2.41. The van der Waals surface area contributed by atoms with Gasteiger partial charge in [-0.15, -0.1) is 0 Å². The minimum absolute atomic E-state index is 0.0471. The van der Waals surface area contributed by atoms with Crippen molar-refractivity contribution in [3.8, 4) is 0 Å². The molecular weight excluding hydrogens is 330 g/mol. The summed E-state index contributed by atoms with van der Waals surface area (Å²) in [6.45, 7) is 8.55. The Morgan fingerprint density at radius 1 is 1.23 bits per heavy atom. The normalized spacial score (nSPS) is 19.5. The topological polar surface area (TPSA) is 56.8 Å². The maximum Gasteiger partial charge on any atom is 0.249 e. The summed E-state index contributed by atoms with van der Waals surface area (Å²) in [6, 6.07) is 10.1. The molecule has 2 rings (SSSR count). The van der Waals surface area contributed by atoms with Gasteiger partial charge in [0.1, 0.15) is 6.10 Å². The van der Waals surface area contributed by atoms with E-state index in [9.17, 15) is 4.79 Å². The number of carbonyl (C=O) groups is 1. The predicted octanol–water partition coefficient (Wildman–Crippen LogP) is 3.49. The summed E-state index contributed by atoms with van der Waals surface area (Å²) in [5, 5.41) is 2.97. The monoisotopic (exact) mass is 363 g/mol. The van der Waals surface area contributed by atoms with Gasteiger partial charge in [0.25, 0.3) is 0 Å². The second kappa shape index (κ2) is 11.3. The molecular formula is C21H33NO4. The van der Waals surface area contributed by atoms with Crippen LogP contribution in [0.3, 0.4) is 0 Å². The molecule has 1 aliphatic rings. The second-order valence-electron chi connectivity index (χ2n) is 7.20. The summed E-state index contributed by atoms with van der Waals surface area (Å²) in [6.07, 6.45) is 2.64. The van der Waals surface area contributed by atoms with Gasteiger partial charge in [0.05, 0.1) is 18.8 Å². The van der Waals surface area contributed by atoms with Crippen LogP contribution in [0.1, 0.15) is 51.7 Å². The summed E-state index contributed by atoms with van der Waals surface area (Å²) in [5.74, 6) is 0.0832. The molecule has 146 valence electrons. The molecule has 1 heterocycles. The van der Waals surface area contributed by atoms with Crippen LogP contribution in [0.15, 0.2) is 30.3 Å². The van der Waals surface area contributed by atoms with Crippen LogP contribution < -0.4 is 5.32 Å². The number of nitrogens with one attached hydrogen (secondary N) is 1. The number of hydrogen-bond donors (Lipinski definition) is 1. The minimum Gasteiger partial charge on any atom is -0.376 e. The molecule has 1 saturated heterocycles. The Kier molecular flexibility index (Phi) is 9.09. The van der Waals surface area contributed by atoms with Gasteiger partial charge in [0.2, 0.25) is 5.91 Å². The summed E-state index contributed by atoms with van der Waals surface area (Å²) in [4.78, 5) is 12.4. The van der Waals surface area contributed by atoms with Crippen LogP contribution in [0.4, 0.5) is 0 Å². The average molecular weight is 363 g/mol. The molecule has 1 aromatic rings. The lowest BCUT2D eigenvalue weighted by Gasteiger charge is -2.22. The maximum atomic E-state index is 12.4. The van der Waals surface area contributed by atoms with Crippen LogP contribution in [-0.2, 0) is 19.0 Å². The first-order valence-electron chi connectivity index (χ1n) is 9.75. The van der Waals surface area contributed by atoms with Crippen molar-refractivity contribution >= 4 is 5.91 Å². The van der Waals surface area contributed by atoms with Crippen molar-refractivity contribution in [2.75, 3.05) is 26.4 Å². The van der Waals surface area contributed by atoms with Crippen molar-refractivity contribution in [1.29, 1.82) is 0 Å². The number of ether oxygens (including phenoxy) is 3. The zero-order valence-electron chi connectivity index (χ0n) is 16.3. The molecule has 5 heteroatoms. The van der Waals surface area contributed by atoms with Gasteiger partial charge < -0.3 is 19.5 Å². The van der Waals surface area contributed by atoms with E-state index in [2.05, 4.69) is 17.4 Å². The zero-order chi connectivity index (χ0) is 18.8. The minimum atomic E-state index is -0.427. The summed E-state index contributed by atoms with van der Waals surface area (Å²) in [5.41, 5.74) is 1.17. The van der Waals surface area contributed by atoms with Crippen molar-refractivity contribution in [2.24, 2.45) is 5.92 Å². The van der Waals surface area contributed by atoms with E-state index >= 15 is 0 Å². The van der Waals surface area contributed by atoms with Crippen molar-refractivity contribution in [1.82, 2.24) is 5.32 Å². The molecule has 1 fully saturated rings. The Labute approximate surface area is 157 Å². The fourth-order valence-electron chi connectivity index (χ4n) is 3.02. The van der Waals surface area contributed by atoms with Crippen molar-refractivity contribution in [3.63, 3.8) is 0 Å². The Balaban J connectivity index is 1.62. The third kappa shape index (κ3) is 7.06. The van der Waals surface area contributed by atoms with Gasteiger partial charge in [-0.25, -0.2) is 0 Å². The number of rotatable bonds is 11. The van der Waals surface area contributed by atoms with E-state index in [0.29, 0.717) is 19.8 Å². The molecule has 26 heavy (non-hydrogen) atoms. The van der Waals surface area contributed by atoms with E-state index in [0.717, 1.165) is 25.9 Å². The van der Waals surface area contributed by atoms with Crippen LogP contribution in [-0.4, -0.2) is 44.5 Å². The van der Waals surface area contributed by atoms with E-state index in [4.69, 9.17) is 14.2 Å². The zero-order valence-corrected chi connectivity index (χ0v) is 16.3. The molecule has 5 nitrogen and oxygen atoms in total. The molecule has 1 aliphatic heterocycles. The molecule has 0 bridgehead atoms. The lowest BCUT2D eigenvalue weighted by atomic mass is 10.1. The maximum absolute atomic E-state index is 12.4. The highest BCUT2D eigenvalue weighted by molar-refractivity contribution is 5.80. The summed E-state index contributed by atoms with van der Waals surface area (Å²) < 4.78 is 17.2. The van der Waals surface area contributed by atoms with Crippen molar-refractivity contribution < 1.29 is 19.0 Å². The first-order valence-corrected chi connectivity index (χ1v) is 9.75. The Bertz CT molecular complexity index is 514. The summed E-state index contributed by atoms with van der Waals surface area (Å²) >= 11 is 0. The summed E-state index contributed by atoms with van der Waals surface area (Å²) in [7, 11) is 0. The molecule has 1 amide bonds. The second-order valence-corrected chi connectivity index (χ2v) is 7.20. The molecule has 0 radical (unpaired) electrons. The van der Waals surface area contributed by atoms with Crippen molar-refractivity contribution in [3.05, 3.63) is 35.9 Å². The Morgan fingerprint density at radius 3 is 2.65 bits per heavy atom. The molecule has 0 aromatic heterocycles. The molecule has 1 aromatic carbocycles. The SMILES string of the molecule is CC(OCCCNC(=O)C(OCC1CCCO1)C(C)C)c1ccccc1. The number of benzene rings is 1. The number of hydrogen-bond acceptors (Lipinski definition) is 4. The van der Waals surface area contributed by atoms with Gasteiger partial charge in [0, 0.05) is 19.8 Å². The Hall–Kier alpha value is -1.43. The fraction of sp³-hybridized carbons (Fsp3) is 0.667. The van der Waals surface area contributed by atoms with Gasteiger partial charge in [-0.05, 0) is 37.7 Å². The first-order chi connectivity index (χ1) is 12.6. The van der Waals surface area contributed by atoms with Crippen LogP contribution in [0.2, 0.25) is 0 Å². The van der Waals surface area contributed by atoms with E-state index in [1.807, 2.05) is 39.0 Å². The largest absolute Gasteiger partial charge is 0.376 e. The quantitative estimate of drug-likeness (QED) is 0.612. The van der Waals surface area contributed by atoms with Crippen LogP contribution in [0.5, 0.6) is 0 Å². The van der Waals surface area contributed by atoms with Gasteiger partial charge in [-0.3, -0.25) is 4.79 Å². The van der Waals surface area contributed by atoms with Gasteiger partial charge in [0.15, 0.2) is 0 Å². The molecule has 0 spiro atoms. The van der Waals surface area contributed by atoms with E-state index in [-0.39, 0.29) is 24.0 Å². The Morgan fingerprint density at radius 2 is 2.00 bits per heavy atom.